The first-order valence-electron chi connectivity index (χ1n) is 10.6. The maximum absolute atomic E-state index is 13.5. The Labute approximate surface area is 191 Å². The van der Waals surface area contributed by atoms with Crippen molar-refractivity contribution in [2.75, 3.05) is 0 Å². The fourth-order valence-corrected chi connectivity index (χ4v) is 3.60. The SMILES string of the molecule is Cc1ccc(-n2ncc(-n3cnc(C)c3)c(Oc3ccc(-c4ccccc4)cc3)c2=O)cc1. The van der Waals surface area contributed by atoms with E-state index in [1.807, 2.05) is 86.8 Å². The van der Waals surface area contributed by atoms with Crippen molar-refractivity contribution in [1.82, 2.24) is 19.3 Å². The van der Waals surface area contributed by atoms with Crippen molar-refractivity contribution in [1.29, 1.82) is 0 Å². The summed E-state index contributed by atoms with van der Waals surface area (Å²) in [6.45, 7) is 3.89. The van der Waals surface area contributed by atoms with Crippen LogP contribution in [0.1, 0.15) is 11.3 Å². The molecule has 0 radical (unpaired) electrons. The molecule has 0 fully saturated rings. The predicted octanol–water partition coefficient (Wildman–Crippen LogP) is 5.49. The van der Waals surface area contributed by atoms with E-state index in [1.165, 1.54) is 4.68 Å². The molecule has 6 heteroatoms. The molecule has 0 unspecified atom stereocenters. The molecule has 0 saturated carbocycles. The van der Waals surface area contributed by atoms with Crippen molar-refractivity contribution in [2.24, 2.45) is 0 Å². The molecule has 3 aromatic carbocycles. The van der Waals surface area contributed by atoms with Gasteiger partial charge in [0.15, 0.2) is 0 Å². The number of rotatable bonds is 5. The van der Waals surface area contributed by atoms with Gasteiger partial charge in [-0.2, -0.15) is 9.78 Å². The highest BCUT2D eigenvalue weighted by atomic mass is 16.5. The molecule has 0 spiro atoms. The largest absolute Gasteiger partial charge is 0.449 e. The van der Waals surface area contributed by atoms with E-state index in [2.05, 4.69) is 22.2 Å². The number of nitrogens with zero attached hydrogens (tertiary/aromatic N) is 4. The van der Waals surface area contributed by atoms with Crippen LogP contribution in [0.25, 0.3) is 22.5 Å². The zero-order valence-corrected chi connectivity index (χ0v) is 18.3. The highest BCUT2D eigenvalue weighted by molar-refractivity contribution is 5.64. The summed E-state index contributed by atoms with van der Waals surface area (Å²) in [6, 6.07) is 25.4. The first-order valence-corrected chi connectivity index (χ1v) is 10.6. The maximum Gasteiger partial charge on any atom is 0.316 e. The van der Waals surface area contributed by atoms with E-state index in [1.54, 1.807) is 17.1 Å². The van der Waals surface area contributed by atoms with E-state index in [-0.39, 0.29) is 11.3 Å². The number of aryl methyl sites for hydroxylation is 2. The molecule has 5 aromatic rings. The normalized spacial score (nSPS) is 10.8. The Morgan fingerprint density at radius 3 is 2.18 bits per heavy atom. The van der Waals surface area contributed by atoms with E-state index < -0.39 is 0 Å². The van der Waals surface area contributed by atoms with E-state index in [0.29, 0.717) is 17.1 Å². The van der Waals surface area contributed by atoms with Crippen molar-refractivity contribution in [3.8, 4) is 34.0 Å². The van der Waals surface area contributed by atoms with Gasteiger partial charge in [-0.15, -0.1) is 0 Å². The van der Waals surface area contributed by atoms with Gasteiger partial charge in [-0.1, -0.05) is 60.2 Å². The first-order chi connectivity index (χ1) is 16.1. The van der Waals surface area contributed by atoms with Crippen molar-refractivity contribution < 1.29 is 4.74 Å². The molecule has 0 saturated heterocycles. The molecule has 33 heavy (non-hydrogen) atoms. The van der Waals surface area contributed by atoms with Crippen LogP contribution in [0.2, 0.25) is 0 Å². The van der Waals surface area contributed by atoms with Gasteiger partial charge in [0, 0.05) is 6.20 Å². The molecule has 2 heterocycles. The number of imidazole rings is 1. The lowest BCUT2D eigenvalue weighted by molar-refractivity contribution is 0.464. The Hall–Kier alpha value is -4.45. The van der Waals surface area contributed by atoms with Crippen LogP contribution in [0.15, 0.2) is 102 Å². The van der Waals surface area contributed by atoms with Gasteiger partial charge in [0.05, 0.1) is 23.9 Å². The molecule has 0 aliphatic carbocycles. The predicted molar refractivity (Wildman–Crippen MR) is 128 cm³/mol. The summed E-state index contributed by atoms with van der Waals surface area (Å²) >= 11 is 0. The second kappa shape index (κ2) is 8.59. The molecular formula is C27H22N4O2. The lowest BCUT2D eigenvalue weighted by Crippen LogP contribution is -2.23. The van der Waals surface area contributed by atoms with Crippen LogP contribution in [0.5, 0.6) is 11.5 Å². The van der Waals surface area contributed by atoms with E-state index in [9.17, 15) is 4.79 Å². The third kappa shape index (κ3) is 4.19. The van der Waals surface area contributed by atoms with Crippen molar-refractivity contribution >= 4 is 0 Å². The smallest absolute Gasteiger partial charge is 0.316 e. The highest BCUT2D eigenvalue weighted by Gasteiger charge is 2.17. The van der Waals surface area contributed by atoms with Crippen LogP contribution in [-0.4, -0.2) is 19.3 Å². The number of aromatic nitrogens is 4. The van der Waals surface area contributed by atoms with Gasteiger partial charge in [-0.05, 0) is 49.2 Å². The van der Waals surface area contributed by atoms with Crippen LogP contribution in [0, 0.1) is 13.8 Å². The monoisotopic (exact) mass is 434 g/mol. The zero-order chi connectivity index (χ0) is 22.8. The first kappa shape index (κ1) is 20.5. The molecule has 6 nitrogen and oxygen atoms in total. The zero-order valence-electron chi connectivity index (χ0n) is 18.3. The maximum atomic E-state index is 13.5. The van der Waals surface area contributed by atoms with E-state index in [0.717, 1.165) is 22.4 Å². The molecule has 5 rings (SSSR count). The molecular weight excluding hydrogens is 412 g/mol. The van der Waals surface area contributed by atoms with Crippen molar-refractivity contribution in [2.45, 2.75) is 13.8 Å². The van der Waals surface area contributed by atoms with Gasteiger partial charge >= 0.3 is 5.56 Å². The Balaban J connectivity index is 1.57. The third-order valence-corrected chi connectivity index (χ3v) is 5.36. The quantitative estimate of drug-likeness (QED) is 0.367. The van der Waals surface area contributed by atoms with Gasteiger partial charge in [0.1, 0.15) is 11.4 Å². The van der Waals surface area contributed by atoms with Crippen LogP contribution in [0.3, 0.4) is 0 Å². The fraction of sp³-hybridized carbons (Fsp3) is 0.0741. The number of hydrogen-bond acceptors (Lipinski definition) is 4. The minimum absolute atomic E-state index is 0.176. The van der Waals surface area contributed by atoms with E-state index in [4.69, 9.17) is 4.74 Å². The molecule has 0 bridgehead atoms. The topological polar surface area (TPSA) is 61.9 Å². The van der Waals surface area contributed by atoms with Crippen LogP contribution in [0.4, 0.5) is 0 Å². The van der Waals surface area contributed by atoms with Crippen molar-refractivity contribution in [3.05, 3.63) is 119 Å². The lowest BCUT2D eigenvalue weighted by Gasteiger charge is -2.14. The Morgan fingerprint density at radius 1 is 0.818 bits per heavy atom. The summed E-state index contributed by atoms with van der Waals surface area (Å²) in [5.74, 6) is 0.738. The van der Waals surface area contributed by atoms with Crippen molar-refractivity contribution in [3.63, 3.8) is 0 Å². The number of benzene rings is 3. The summed E-state index contributed by atoms with van der Waals surface area (Å²) in [4.78, 5) is 17.8. The lowest BCUT2D eigenvalue weighted by atomic mass is 10.1. The minimum atomic E-state index is -0.352. The Morgan fingerprint density at radius 2 is 1.52 bits per heavy atom. The minimum Gasteiger partial charge on any atom is -0.449 e. The fourth-order valence-electron chi connectivity index (χ4n) is 3.60. The van der Waals surface area contributed by atoms with Gasteiger partial charge in [-0.3, -0.25) is 4.79 Å². The number of ether oxygens (including phenoxy) is 1. The molecule has 0 aliphatic rings. The van der Waals surface area contributed by atoms with Crippen LogP contribution in [-0.2, 0) is 0 Å². The summed E-state index contributed by atoms with van der Waals surface area (Å²) in [5, 5.41) is 4.40. The molecule has 162 valence electrons. The second-order valence-corrected chi connectivity index (χ2v) is 7.83. The molecule has 0 aliphatic heterocycles. The summed E-state index contributed by atoms with van der Waals surface area (Å²) in [7, 11) is 0. The molecule has 2 aromatic heterocycles. The molecule has 0 amide bonds. The average molecular weight is 434 g/mol. The van der Waals surface area contributed by atoms with Crippen LogP contribution < -0.4 is 10.3 Å². The summed E-state index contributed by atoms with van der Waals surface area (Å²) < 4.78 is 9.25. The van der Waals surface area contributed by atoms with Gasteiger partial charge in [-0.25, -0.2) is 4.98 Å². The summed E-state index contributed by atoms with van der Waals surface area (Å²) in [6.07, 6.45) is 5.10. The Kier molecular flexibility index (Phi) is 5.32. The highest BCUT2D eigenvalue weighted by Crippen LogP contribution is 2.28. The molecule has 0 atom stereocenters. The van der Waals surface area contributed by atoms with Crippen LogP contribution >= 0.6 is 0 Å². The Bertz CT molecular complexity index is 1450. The number of hydrogen-bond donors (Lipinski definition) is 0. The standard InChI is InChI=1S/C27H22N4O2/c1-19-8-12-23(13-9-19)31-27(32)26(25(16-29-31)30-17-20(2)28-18-30)33-24-14-10-22(11-15-24)21-6-4-3-5-7-21/h3-18H,1-2H3. The third-order valence-electron chi connectivity index (χ3n) is 5.36. The summed E-state index contributed by atoms with van der Waals surface area (Å²) in [5.41, 5.74) is 4.96. The molecule has 0 N–H and O–H groups in total. The average Bonchev–Trinajstić information content (AvgIpc) is 3.28. The second-order valence-electron chi connectivity index (χ2n) is 7.83. The van der Waals surface area contributed by atoms with Gasteiger partial charge in [0.25, 0.3) is 0 Å². The van der Waals surface area contributed by atoms with Gasteiger partial charge < -0.3 is 9.30 Å². The van der Waals surface area contributed by atoms with Gasteiger partial charge in [0.2, 0.25) is 5.75 Å². The van der Waals surface area contributed by atoms with E-state index >= 15 is 0 Å².